The molecule has 0 saturated heterocycles. The van der Waals surface area contributed by atoms with Crippen LogP contribution in [0.2, 0.25) is 0 Å². The van der Waals surface area contributed by atoms with Gasteiger partial charge in [-0.25, -0.2) is 4.68 Å². The Kier molecular flexibility index (Phi) is 6.31. The predicted octanol–water partition coefficient (Wildman–Crippen LogP) is 2.50. The van der Waals surface area contributed by atoms with Crippen molar-refractivity contribution in [3.8, 4) is 0 Å². The fourth-order valence-electron chi connectivity index (χ4n) is 2.88. The van der Waals surface area contributed by atoms with Crippen LogP contribution in [0.15, 0.2) is 41.1 Å². The van der Waals surface area contributed by atoms with Crippen LogP contribution in [0, 0.1) is 6.92 Å². The minimum absolute atomic E-state index is 0.0525. The monoisotopic (exact) mass is 385 g/mol. The van der Waals surface area contributed by atoms with Gasteiger partial charge in [-0.2, -0.15) is 11.3 Å². The van der Waals surface area contributed by atoms with Gasteiger partial charge in [0.2, 0.25) is 0 Å². The van der Waals surface area contributed by atoms with Crippen molar-refractivity contribution in [1.29, 1.82) is 0 Å². The molecule has 3 aromatic rings. The highest BCUT2D eigenvalue weighted by molar-refractivity contribution is 7.07. The van der Waals surface area contributed by atoms with Crippen molar-refractivity contribution >= 4 is 17.2 Å². The molecule has 0 spiro atoms. The van der Waals surface area contributed by atoms with Crippen LogP contribution in [-0.4, -0.2) is 48.8 Å². The van der Waals surface area contributed by atoms with Crippen LogP contribution < -0.4 is 0 Å². The molecule has 2 heterocycles. The Morgan fingerprint density at radius 1 is 1.26 bits per heavy atom. The van der Waals surface area contributed by atoms with Gasteiger partial charge in [0.25, 0.3) is 5.91 Å². The third-order valence-corrected chi connectivity index (χ3v) is 5.29. The first kappa shape index (κ1) is 19.2. The van der Waals surface area contributed by atoms with Crippen LogP contribution in [0.25, 0.3) is 0 Å². The molecule has 0 aliphatic rings. The van der Waals surface area contributed by atoms with Gasteiger partial charge >= 0.3 is 0 Å². The van der Waals surface area contributed by atoms with Crippen LogP contribution in [-0.2, 0) is 13.1 Å². The van der Waals surface area contributed by atoms with E-state index in [1.54, 1.807) is 20.9 Å². The maximum atomic E-state index is 13.1. The largest absolute Gasteiger partial charge is 0.394 e. The van der Waals surface area contributed by atoms with Gasteiger partial charge in [0.05, 0.1) is 19.2 Å². The maximum absolute atomic E-state index is 13.1. The average Bonchev–Trinajstić information content (AvgIpc) is 3.34. The van der Waals surface area contributed by atoms with Crippen LogP contribution in [0.1, 0.15) is 40.7 Å². The number of amides is 1. The number of rotatable bonds is 8. The normalized spacial score (nSPS) is 12.1. The lowest BCUT2D eigenvalue weighted by atomic mass is 10.1. The highest BCUT2D eigenvalue weighted by atomic mass is 32.1. The van der Waals surface area contributed by atoms with E-state index in [1.165, 1.54) is 0 Å². The molecule has 0 aliphatic heterocycles. The van der Waals surface area contributed by atoms with Crippen LogP contribution >= 0.6 is 11.3 Å². The molecule has 8 heteroatoms. The van der Waals surface area contributed by atoms with E-state index in [4.69, 9.17) is 0 Å². The van der Waals surface area contributed by atoms with Gasteiger partial charge in [-0.15, -0.1) is 5.10 Å². The van der Waals surface area contributed by atoms with E-state index in [1.807, 2.05) is 54.9 Å². The Balaban J connectivity index is 1.77. The third kappa shape index (κ3) is 4.58. The summed E-state index contributed by atoms with van der Waals surface area (Å²) in [6.07, 6.45) is 0.697. The molecule has 1 atom stereocenters. The summed E-state index contributed by atoms with van der Waals surface area (Å²) in [7, 11) is 0. The third-order valence-electron chi connectivity index (χ3n) is 4.56. The zero-order valence-electron chi connectivity index (χ0n) is 15.4. The van der Waals surface area contributed by atoms with E-state index >= 15 is 0 Å². The van der Waals surface area contributed by atoms with E-state index in [0.29, 0.717) is 25.1 Å². The highest BCUT2D eigenvalue weighted by Crippen LogP contribution is 2.18. The van der Waals surface area contributed by atoms with Gasteiger partial charge in [0.15, 0.2) is 0 Å². The Bertz CT molecular complexity index is 857. The van der Waals surface area contributed by atoms with Gasteiger partial charge in [0.1, 0.15) is 5.82 Å². The number of aliphatic hydroxyl groups excluding tert-OH is 1. The zero-order chi connectivity index (χ0) is 19.2. The second-order valence-electron chi connectivity index (χ2n) is 6.39. The van der Waals surface area contributed by atoms with E-state index in [0.717, 1.165) is 17.0 Å². The predicted molar refractivity (Wildman–Crippen MR) is 103 cm³/mol. The molecule has 0 aliphatic carbocycles. The van der Waals surface area contributed by atoms with Crippen molar-refractivity contribution in [2.24, 2.45) is 0 Å². The Labute approximate surface area is 162 Å². The van der Waals surface area contributed by atoms with Crippen LogP contribution in [0.3, 0.4) is 0 Å². The molecule has 2 aromatic heterocycles. The van der Waals surface area contributed by atoms with Crippen molar-refractivity contribution in [2.75, 3.05) is 6.61 Å². The quantitative estimate of drug-likeness (QED) is 0.644. The van der Waals surface area contributed by atoms with E-state index in [2.05, 4.69) is 15.5 Å². The Hall–Kier alpha value is -2.58. The fraction of sp³-hybridized carbons (Fsp3) is 0.368. The van der Waals surface area contributed by atoms with Gasteiger partial charge in [-0.05, 0) is 63.9 Å². The SMILES string of the molecule is CCC(CO)N(Cc1ccsc1)C(=O)c1ccc(Cn2nnnc2C)cc1. The number of benzene rings is 1. The van der Waals surface area contributed by atoms with E-state index in [9.17, 15) is 9.90 Å². The van der Waals surface area contributed by atoms with Gasteiger partial charge in [-0.1, -0.05) is 19.1 Å². The lowest BCUT2D eigenvalue weighted by Crippen LogP contribution is -2.41. The highest BCUT2D eigenvalue weighted by Gasteiger charge is 2.23. The summed E-state index contributed by atoms with van der Waals surface area (Å²) >= 11 is 1.60. The number of aryl methyl sites for hydroxylation is 1. The van der Waals surface area contributed by atoms with Crippen LogP contribution in [0.5, 0.6) is 0 Å². The molecular formula is C19H23N5O2S. The first-order chi connectivity index (χ1) is 13.1. The minimum atomic E-state index is -0.207. The number of hydrogen-bond acceptors (Lipinski definition) is 6. The molecule has 1 amide bonds. The second kappa shape index (κ2) is 8.88. The summed E-state index contributed by atoms with van der Waals surface area (Å²) in [5, 5.41) is 25.2. The maximum Gasteiger partial charge on any atom is 0.254 e. The standard InChI is InChI=1S/C19H23N5O2S/c1-3-18(12-25)23(10-16-8-9-27-13-16)19(26)17-6-4-15(5-7-17)11-24-14(2)20-21-22-24/h4-9,13,18,25H,3,10-12H2,1-2H3. The summed E-state index contributed by atoms with van der Waals surface area (Å²) in [6.45, 7) is 4.82. The van der Waals surface area contributed by atoms with E-state index in [-0.39, 0.29) is 18.6 Å². The Morgan fingerprint density at radius 3 is 2.59 bits per heavy atom. The fourth-order valence-corrected chi connectivity index (χ4v) is 3.54. The molecule has 142 valence electrons. The number of thiophene rings is 1. The number of tetrazole rings is 1. The zero-order valence-corrected chi connectivity index (χ0v) is 16.3. The summed E-state index contributed by atoms with van der Waals surface area (Å²) < 4.78 is 1.71. The molecular weight excluding hydrogens is 362 g/mol. The molecule has 0 fully saturated rings. The van der Waals surface area contributed by atoms with Crippen molar-refractivity contribution in [3.05, 3.63) is 63.6 Å². The number of nitrogens with zero attached hydrogens (tertiary/aromatic N) is 5. The number of carbonyl (C=O) groups is 1. The number of carbonyl (C=O) groups excluding carboxylic acids is 1. The molecule has 0 radical (unpaired) electrons. The summed E-state index contributed by atoms with van der Waals surface area (Å²) in [5.41, 5.74) is 2.70. The lowest BCUT2D eigenvalue weighted by molar-refractivity contribution is 0.0564. The molecule has 1 unspecified atom stereocenters. The molecule has 7 nitrogen and oxygen atoms in total. The Morgan fingerprint density at radius 2 is 2.04 bits per heavy atom. The molecule has 0 saturated carbocycles. The number of aromatic nitrogens is 4. The second-order valence-corrected chi connectivity index (χ2v) is 7.17. The first-order valence-corrected chi connectivity index (χ1v) is 9.81. The van der Waals surface area contributed by atoms with Gasteiger partial charge in [-0.3, -0.25) is 4.79 Å². The van der Waals surface area contributed by atoms with E-state index < -0.39 is 0 Å². The number of aliphatic hydroxyl groups is 1. The summed E-state index contributed by atoms with van der Waals surface area (Å²) in [5.74, 6) is 0.665. The van der Waals surface area contributed by atoms with Crippen molar-refractivity contribution in [2.45, 2.75) is 39.4 Å². The summed E-state index contributed by atoms with van der Waals surface area (Å²) in [4.78, 5) is 14.8. The van der Waals surface area contributed by atoms with Gasteiger partial charge in [0, 0.05) is 12.1 Å². The van der Waals surface area contributed by atoms with Crippen molar-refractivity contribution < 1.29 is 9.90 Å². The molecule has 0 bridgehead atoms. The average molecular weight is 385 g/mol. The molecule has 27 heavy (non-hydrogen) atoms. The van der Waals surface area contributed by atoms with Crippen molar-refractivity contribution in [3.63, 3.8) is 0 Å². The molecule has 1 aromatic carbocycles. The number of hydrogen-bond donors (Lipinski definition) is 1. The van der Waals surface area contributed by atoms with Crippen LogP contribution in [0.4, 0.5) is 0 Å². The van der Waals surface area contributed by atoms with Crippen molar-refractivity contribution in [1.82, 2.24) is 25.1 Å². The minimum Gasteiger partial charge on any atom is -0.394 e. The first-order valence-electron chi connectivity index (χ1n) is 8.87. The molecule has 1 N–H and O–H groups in total. The summed E-state index contributed by atoms with van der Waals surface area (Å²) in [6, 6.07) is 9.27. The topological polar surface area (TPSA) is 84.1 Å². The van der Waals surface area contributed by atoms with Gasteiger partial charge < -0.3 is 10.0 Å². The smallest absolute Gasteiger partial charge is 0.254 e. The molecule has 3 rings (SSSR count). The lowest BCUT2D eigenvalue weighted by Gasteiger charge is -2.30.